The first-order valence-electron chi connectivity index (χ1n) is 10.2. The Morgan fingerprint density at radius 2 is 1.45 bits per heavy atom. The molecule has 0 bridgehead atoms. The fourth-order valence-electron chi connectivity index (χ4n) is 3.17. The summed E-state index contributed by atoms with van der Waals surface area (Å²) >= 11 is 0. The molecule has 0 unspecified atom stereocenters. The van der Waals surface area contributed by atoms with Crippen LogP contribution in [0.15, 0.2) is 107 Å². The Bertz CT molecular complexity index is 1140. The van der Waals surface area contributed by atoms with Gasteiger partial charge < -0.3 is 4.55 Å². The molecule has 1 aliphatic carbocycles. The lowest BCUT2D eigenvalue weighted by Gasteiger charge is -2.12. The minimum absolute atomic E-state index is 0.178. The fourth-order valence-corrected chi connectivity index (χ4v) is 3.64. The standard InChI is InChI=1S/C18H18N2.C7H8O3S/c1-3-8-15(9-4-1)19-17-12-7-13-18(14-17)20-16-10-5-2-6-11-16;1-6-2-4-7(5-3-6)11(8,9)10/h1-6,8-11,14,19H,7,12-13H2;2-5H,1H3,(H,8,9,10). The van der Waals surface area contributed by atoms with E-state index < -0.39 is 10.1 Å². The molecule has 0 heterocycles. The van der Waals surface area contributed by atoms with Crippen molar-refractivity contribution in [2.75, 3.05) is 0 Å². The molecule has 5 nitrogen and oxygen atoms in total. The second-order valence-corrected chi connectivity index (χ2v) is 8.71. The number of hydrogen-bond acceptors (Lipinski definition) is 4. The van der Waals surface area contributed by atoms with Crippen LogP contribution in [-0.2, 0) is 10.1 Å². The van der Waals surface area contributed by atoms with Crippen LogP contribution in [-0.4, -0.2) is 18.7 Å². The lowest BCUT2D eigenvalue weighted by molar-refractivity contribution is -0.520. The quantitative estimate of drug-likeness (QED) is 0.480. The van der Waals surface area contributed by atoms with E-state index in [0.717, 1.165) is 24.1 Å². The van der Waals surface area contributed by atoms with Crippen molar-refractivity contribution < 1.29 is 18.3 Å². The average molecular weight is 435 g/mol. The third-order valence-electron chi connectivity index (χ3n) is 4.74. The third-order valence-corrected chi connectivity index (χ3v) is 5.59. The van der Waals surface area contributed by atoms with Crippen LogP contribution in [0.4, 0.5) is 11.4 Å². The molecule has 0 saturated heterocycles. The Labute approximate surface area is 183 Å². The largest absolute Gasteiger partial charge is 0.744 e. The van der Waals surface area contributed by atoms with Crippen LogP contribution in [0, 0.1) is 6.92 Å². The van der Waals surface area contributed by atoms with Crippen LogP contribution >= 0.6 is 0 Å². The molecule has 160 valence electrons. The molecule has 0 aliphatic heterocycles. The van der Waals surface area contributed by atoms with E-state index in [1.165, 1.54) is 35.6 Å². The highest BCUT2D eigenvalue weighted by Gasteiger charge is 2.12. The topological polar surface area (TPSA) is 86.2 Å². The second-order valence-electron chi connectivity index (χ2n) is 7.33. The highest BCUT2D eigenvalue weighted by molar-refractivity contribution is 7.85. The summed E-state index contributed by atoms with van der Waals surface area (Å²) in [6, 6.07) is 26.5. The van der Waals surface area contributed by atoms with Crippen LogP contribution < -0.4 is 5.32 Å². The average Bonchev–Trinajstić information content (AvgIpc) is 2.76. The third kappa shape index (κ3) is 7.61. The van der Waals surface area contributed by atoms with Gasteiger partial charge in [0.2, 0.25) is 0 Å². The number of nitrogens with zero attached hydrogens (tertiary/aromatic N) is 1. The van der Waals surface area contributed by atoms with Crippen molar-refractivity contribution in [1.82, 2.24) is 0 Å². The van der Waals surface area contributed by atoms with Crippen molar-refractivity contribution in [2.45, 2.75) is 31.1 Å². The Balaban J connectivity index is 0.000000210. The van der Waals surface area contributed by atoms with Gasteiger partial charge in [0.15, 0.2) is 0 Å². The molecule has 0 spiro atoms. The first kappa shape index (κ1) is 22.6. The molecule has 0 atom stereocenters. The van der Waals surface area contributed by atoms with E-state index in [-0.39, 0.29) is 4.90 Å². The smallest absolute Gasteiger partial charge is 0.134 e. The molecular weight excluding hydrogens is 408 g/mol. The van der Waals surface area contributed by atoms with E-state index in [4.69, 9.17) is 4.99 Å². The van der Waals surface area contributed by atoms with Crippen molar-refractivity contribution in [3.05, 3.63) is 102 Å². The van der Waals surface area contributed by atoms with Crippen molar-refractivity contribution in [2.24, 2.45) is 4.99 Å². The van der Waals surface area contributed by atoms with Gasteiger partial charge >= 0.3 is 0 Å². The van der Waals surface area contributed by atoms with E-state index in [0.29, 0.717) is 0 Å². The van der Waals surface area contributed by atoms with Crippen LogP contribution in [0.25, 0.3) is 0 Å². The number of para-hydroxylation sites is 2. The van der Waals surface area contributed by atoms with Gasteiger partial charge in [0.25, 0.3) is 0 Å². The Morgan fingerprint density at radius 1 is 0.839 bits per heavy atom. The van der Waals surface area contributed by atoms with Gasteiger partial charge in [-0.3, -0.25) is 10.3 Å². The molecule has 3 aromatic carbocycles. The van der Waals surface area contributed by atoms with Gasteiger partial charge in [0, 0.05) is 18.2 Å². The predicted molar refractivity (Wildman–Crippen MR) is 123 cm³/mol. The zero-order valence-electron chi connectivity index (χ0n) is 17.4. The van der Waals surface area contributed by atoms with E-state index >= 15 is 0 Å². The van der Waals surface area contributed by atoms with Crippen LogP contribution in [0.5, 0.6) is 0 Å². The van der Waals surface area contributed by atoms with Gasteiger partial charge in [-0.15, -0.1) is 0 Å². The van der Waals surface area contributed by atoms with Gasteiger partial charge in [-0.1, -0.05) is 54.1 Å². The molecule has 0 amide bonds. The number of hydrogen-bond donors (Lipinski definition) is 1. The zero-order chi connectivity index (χ0) is 22.1. The molecule has 0 aromatic heterocycles. The van der Waals surface area contributed by atoms with E-state index in [1.807, 2.05) is 25.1 Å². The number of aliphatic imine (C=N–C) groups is 1. The number of allylic oxidation sites excluding steroid dienone is 2. The first-order valence-corrected chi connectivity index (χ1v) is 11.6. The number of nitrogens with two attached hydrogens (primary N) is 1. The molecule has 6 heteroatoms. The predicted octanol–water partition coefficient (Wildman–Crippen LogP) is 4.62. The van der Waals surface area contributed by atoms with E-state index in [2.05, 4.69) is 53.9 Å². The Kier molecular flexibility index (Phi) is 7.89. The first-order chi connectivity index (χ1) is 14.9. The number of benzene rings is 3. The van der Waals surface area contributed by atoms with Gasteiger partial charge in [-0.05, 0) is 56.2 Å². The molecule has 3 aromatic rings. The van der Waals surface area contributed by atoms with Crippen LogP contribution in [0.3, 0.4) is 0 Å². The maximum atomic E-state index is 10.4. The molecule has 1 aliphatic rings. The summed E-state index contributed by atoms with van der Waals surface area (Å²) in [5.41, 5.74) is 5.79. The summed E-state index contributed by atoms with van der Waals surface area (Å²) < 4.78 is 31.2. The van der Waals surface area contributed by atoms with Crippen molar-refractivity contribution in [1.29, 1.82) is 0 Å². The van der Waals surface area contributed by atoms with Gasteiger partial charge in [0.05, 0.1) is 10.6 Å². The molecule has 0 radical (unpaired) electrons. The Morgan fingerprint density at radius 3 is 2.06 bits per heavy atom. The maximum Gasteiger partial charge on any atom is 0.134 e. The van der Waals surface area contributed by atoms with Crippen LogP contribution in [0.2, 0.25) is 0 Å². The highest BCUT2D eigenvalue weighted by Crippen LogP contribution is 2.17. The maximum absolute atomic E-state index is 10.4. The van der Waals surface area contributed by atoms with Gasteiger partial charge in [0.1, 0.15) is 21.5 Å². The molecule has 0 saturated carbocycles. The lowest BCUT2D eigenvalue weighted by Crippen LogP contribution is -2.76. The van der Waals surface area contributed by atoms with E-state index in [9.17, 15) is 13.0 Å². The summed E-state index contributed by atoms with van der Waals surface area (Å²) in [7, 11) is -4.27. The Hall–Kier alpha value is -3.06. The molecule has 0 fully saturated rings. The molecule has 31 heavy (non-hydrogen) atoms. The summed E-state index contributed by atoms with van der Waals surface area (Å²) in [4.78, 5) is 4.55. The summed E-state index contributed by atoms with van der Waals surface area (Å²) in [6.07, 6.45) is 5.63. The normalized spacial score (nSPS) is 15.0. The number of quaternary nitrogens is 1. The molecule has 4 rings (SSSR count). The highest BCUT2D eigenvalue weighted by atomic mass is 32.2. The fraction of sp³-hybridized carbons (Fsp3) is 0.160. The summed E-state index contributed by atoms with van der Waals surface area (Å²) in [5.74, 6) is 0. The molecule has 2 N–H and O–H groups in total. The zero-order valence-corrected chi connectivity index (χ0v) is 18.3. The number of rotatable bonds is 4. The second kappa shape index (κ2) is 10.8. The van der Waals surface area contributed by atoms with Gasteiger partial charge in [-0.25, -0.2) is 8.42 Å². The summed E-state index contributed by atoms with van der Waals surface area (Å²) in [5, 5.41) is 2.26. The monoisotopic (exact) mass is 434 g/mol. The minimum Gasteiger partial charge on any atom is -0.744 e. The van der Waals surface area contributed by atoms with Crippen molar-refractivity contribution in [3.8, 4) is 0 Å². The number of aryl methyl sites for hydroxylation is 1. The van der Waals surface area contributed by atoms with Crippen molar-refractivity contribution >= 4 is 27.2 Å². The van der Waals surface area contributed by atoms with Crippen LogP contribution in [0.1, 0.15) is 24.8 Å². The molecular formula is C25H26N2O3S. The minimum atomic E-state index is -4.27. The summed E-state index contributed by atoms with van der Waals surface area (Å²) in [6.45, 7) is 1.82. The SMILES string of the molecule is C1=C([NH2+]c2ccccc2)CCCC1=Nc1ccccc1.Cc1ccc(S(=O)(=O)[O-])cc1. The van der Waals surface area contributed by atoms with Gasteiger partial charge in [-0.2, -0.15) is 0 Å². The lowest BCUT2D eigenvalue weighted by atomic mass is 10.0. The van der Waals surface area contributed by atoms with E-state index in [1.54, 1.807) is 12.1 Å². The van der Waals surface area contributed by atoms with Crippen molar-refractivity contribution in [3.63, 3.8) is 0 Å².